The number of hydrogen-bond donors (Lipinski definition) is 2. The van der Waals surface area contributed by atoms with Gasteiger partial charge in [0.2, 0.25) is 0 Å². The Labute approximate surface area is 149 Å². The molecule has 0 saturated heterocycles. The Hall–Kier alpha value is -2.43. The number of anilines is 1. The molecule has 1 aromatic carbocycles. The third-order valence-corrected chi connectivity index (χ3v) is 4.68. The molecular weight excluding hydrogens is 312 g/mol. The van der Waals surface area contributed by atoms with Crippen LogP contribution in [0, 0.1) is 6.92 Å². The minimum atomic E-state index is -0.174. The van der Waals surface area contributed by atoms with E-state index in [0.717, 1.165) is 11.4 Å². The molecule has 1 aliphatic rings. The number of carbonyl (C=O) groups excluding carboxylic acids is 1. The SMILES string of the molecule is Cc1ccc(CNC(=O)c2cc(NC3CCCCCC3)ncn2)cc1. The van der Waals surface area contributed by atoms with Crippen molar-refractivity contribution in [2.75, 3.05) is 5.32 Å². The molecule has 1 aromatic heterocycles. The second-order valence-electron chi connectivity index (χ2n) is 6.79. The van der Waals surface area contributed by atoms with E-state index in [4.69, 9.17) is 0 Å². The van der Waals surface area contributed by atoms with Gasteiger partial charge in [-0.15, -0.1) is 0 Å². The quantitative estimate of drug-likeness (QED) is 0.813. The van der Waals surface area contributed by atoms with Gasteiger partial charge in [0.15, 0.2) is 0 Å². The summed E-state index contributed by atoms with van der Waals surface area (Å²) < 4.78 is 0. The van der Waals surface area contributed by atoms with Crippen molar-refractivity contribution in [3.05, 3.63) is 53.5 Å². The van der Waals surface area contributed by atoms with Crippen LogP contribution in [0.4, 0.5) is 5.82 Å². The van der Waals surface area contributed by atoms with Crippen LogP contribution >= 0.6 is 0 Å². The number of amides is 1. The first-order valence-corrected chi connectivity index (χ1v) is 9.13. The van der Waals surface area contributed by atoms with E-state index < -0.39 is 0 Å². The normalized spacial score (nSPS) is 15.4. The Morgan fingerprint density at radius 2 is 1.80 bits per heavy atom. The van der Waals surface area contributed by atoms with Crippen LogP contribution in [0.3, 0.4) is 0 Å². The lowest BCUT2D eigenvalue weighted by atomic mass is 10.1. The van der Waals surface area contributed by atoms with Crippen LogP contribution in [0.2, 0.25) is 0 Å². The van der Waals surface area contributed by atoms with Gasteiger partial charge in [-0.25, -0.2) is 9.97 Å². The number of aryl methyl sites for hydroxylation is 1. The maximum Gasteiger partial charge on any atom is 0.270 e. The summed E-state index contributed by atoms with van der Waals surface area (Å²) in [6.07, 6.45) is 8.93. The Bertz CT molecular complexity index is 691. The van der Waals surface area contributed by atoms with Gasteiger partial charge in [-0.05, 0) is 25.3 Å². The van der Waals surface area contributed by atoms with E-state index >= 15 is 0 Å². The van der Waals surface area contributed by atoms with Gasteiger partial charge in [-0.2, -0.15) is 0 Å². The average Bonchev–Trinajstić information content (AvgIpc) is 2.90. The lowest BCUT2D eigenvalue weighted by Gasteiger charge is -2.17. The molecule has 25 heavy (non-hydrogen) atoms. The molecule has 0 spiro atoms. The van der Waals surface area contributed by atoms with Crippen molar-refractivity contribution in [3.8, 4) is 0 Å². The molecule has 3 rings (SSSR count). The topological polar surface area (TPSA) is 66.9 Å². The van der Waals surface area contributed by atoms with E-state index in [1.165, 1.54) is 50.4 Å². The van der Waals surface area contributed by atoms with Crippen molar-refractivity contribution in [1.29, 1.82) is 0 Å². The third kappa shape index (κ3) is 5.28. The second-order valence-corrected chi connectivity index (χ2v) is 6.79. The van der Waals surface area contributed by atoms with Gasteiger partial charge in [-0.1, -0.05) is 55.5 Å². The highest BCUT2D eigenvalue weighted by Crippen LogP contribution is 2.20. The molecule has 2 aromatic rings. The zero-order chi connectivity index (χ0) is 17.5. The molecule has 5 heteroatoms. The molecule has 0 atom stereocenters. The largest absolute Gasteiger partial charge is 0.367 e. The summed E-state index contributed by atoms with van der Waals surface area (Å²) in [5, 5.41) is 6.38. The smallest absolute Gasteiger partial charge is 0.270 e. The maximum atomic E-state index is 12.4. The Balaban J connectivity index is 1.58. The number of nitrogens with one attached hydrogen (secondary N) is 2. The molecule has 0 unspecified atom stereocenters. The molecule has 2 N–H and O–H groups in total. The molecule has 1 amide bonds. The third-order valence-electron chi connectivity index (χ3n) is 4.68. The number of rotatable bonds is 5. The van der Waals surface area contributed by atoms with Gasteiger partial charge in [0, 0.05) is 18.7 Å². The van der Waals surface area contributed by atoms with Gasteiger partial charge >= 0.3 is 0 Å². The average molecular weight is 338 g/mol. The summed E-state index contributed by atoms with van der Waals surface area (Å²) in [5.41, 5.74) is 2.68. The molecule has 0 bridgehead atoms. The summed E-state index contributed by atoms with van der Waals surface area (Å²) in [6, 6.07) is 10.3. The number of hydrogen-bond acceptors (Lipinski definition) is 4. The Morgan fingerprint density at radius 3 is 2.52 bits per heavy atom. The van der Waals surface area contributed by atoms with Crippen molar-refractivity contribution >= 4 is 11.7 Å². The van der Waals surface area contributed by atoms with Gasteiger partial charge < -0.3 is 10.6 Å². The van der Waals surface area contributed by atoms with Crippen molar-refractivity contribution in [3.63, 3.8) is 0 Å². The van der Waals surface area contributed by atoms with Crippen molar-refractivity contribution in [2.45, 2.75) is 58.0 Å². The molecule has 0 aliphatic heterocycles. The van der Waals surface area contributed by atoms with Crippen LogP contribution in [-0.4, -0.2) is 21.9 Å². The number of carbonyl (C=O) groups is 1. The predicted octanol–water partition coefficient (Wildman–Crippen LogP) is 3.85. The molecule has 5 nitrogen and oxygen atoms in total. The van der Waals surface area contributed by atoms with E-state index in [1.807, 2.05) is 31.2 Å². The predicted molar refractivity (Wildman–Crippen MR) is 99.5 cm³/mol. The summed E-state index contributed by atoms with van der Waals surface area (Å²) in [5.74, 6) is 0.564. The van der Waals surface area contributed by atoms with Crippen LogP contribution in [0.5, 0.6) is 0 Å². The summed E-state index contributed by atoms with van der Waals surface area (Å²) >= 11 is 0. The Morgan fingerprint density at radius 1 is 1.08 bits per heavy atom. The van der Waals surface area contributed by atoms with Crippen LogP contribution < -0.4 is 10.6 Å². The fourth-order valence-corrected chi connectivity index (χ4v) is 3.17. The van der Waals surface area contributed by atoms with Gasteiger partial charge in [-0.3, -0.25) is 4.79 Å². The number of nitrogens with zero attached hydrogens (tertiary/aromatic N) is 2. The lowest BCUT2D eigenvalue weighted by molar-refractivity contribution is 0.0946. The monoisotopic (exact) mass is 338 g/mol. The van der Waals surface area contributed by atoms with Crippen molar-refractivity contribution < 1.29 is 4.79 Å². The van der Waals surface area contributed by atoms with Crippen molar-refractivity contribution in [2.24, 2.45) is 0 Å². The molecule has 1 aliphatic carbocycles. The van der Waals surface area contributed by atoms with E-state index in [9.17, 15) is 4.79 Å². The van der Waals surface area contributed by atoms with Crippen LogP contribution in [0.25, 0.3) is 0 Å². The summed E-state index contributed by atoms with van der Waals surface area (Å²) in [7, 11) is 0. The molecule has 132 valence electrons. The highest BCUT2D eigenvalue weighted by molar-refractivity contribution is 5.92. The zero-order valence-electron chi connectivity index (χ0n) is 14.8. The molecule has 0 radical (unpaired) electrons. The summed E-state index contributed by atoms with van der Waals surface area (Å²) in [6.45, 7) is 2.54. The summed E-state index contributed by atoms with van der Waals surface area (Å²) in [4.78, 5) is 20.7. The van der Waals surface area contributed by atoms with Gasteiger partial charge in [0.05, 0.1) is 0 Å². The maximum absolute atomic E-state index is 12.4. The van der Waals surface area contributed by atoms with E-state index in [-0.39, 0.29) is 5.91 Å². The van der Waals surface area contributed by atoms with E-state index in [1.54, 1.807) is 6.07 Å². The Kier molecular flexibility index (Phi) is 5.99. The first-order valence-electron chi connectivity index (χ1n) is 9.13. The van der Waals surface area contributed by atoms with Crippen molar-refractivity contribution in [1.82, 2.24) is 15.3 Å². The van der Waals surface area contributed by atoms with Crippen LogP contribution in [-0.2, 0) is 6.54 Å². The van der Waals surface area contributed by atoms with Crippen LogP contribution in [0.1, 0.15) is 60.1 Å². The van der Waals surface area contributed by atoms with Gasteiger partial charge in [0.1, 0.15) is 17.8 Å². The first-order chi connectivity index (χ1) is 12.2. The molecule has 1 heterocycles. The highest BCUT2D eigenvalue weighted by atomic mass is 16.1. The highest BCUT2D eigenvalue weighted by Gasteiger charge is 2.14. The zero-order valence-corrected chi connectivity index (χ0v) is 14.8. The number of aromatic nitrogens is 2. The van der Waals surface area contributed by atoms with E-state index in [2.05, 4.69) is 20.6 Å². The second kappa shape index (κ2) is 8.60. The molecule has 1 saturated carbocycles. The molecule has 1 fully saturated rings. The van der Waals surface area contributed by atoms with E-state index in [0.29, 0.717) is 18.3 Å². The fraction of sp³-hybridized carbons (Fsp3) is 0.450. The first kappa shape index (κ1) is 17.4. The standard InChI is InChI=1S/C20H26N4O/c1-15-8-10-16(11-9-15)13-21-20(25)18-12-19(23-14-22-18)24-17-6-4-2-3-5-7-17/h8-12,14,17H,2-7,13H2,1H3,(H,21,25)(H,22,23,24). The molecular formula is C20H26N4O. The van der Waals surface area contributed by atoms with Crippen LogP contribution in [0.15, 0.2) is 36.7 Å². The lowest BCUT2D eigenvalue weighted by Crippen LogP contribution is -2.25. The fourth-order valence-electron chi connectivity index (χ4n) is 3.17. The van der Waals surface area contributed by atoms with Gasteiger partial charge in [0.25, 0.3) is 5.91 Å². The number of benzene rings is 1. The minimum absolute atomic E-state index is 0.174. The minimum Gasteiger partial charge on any atom is -0.367 e.